The summed E-state index contributed by atoms with van der Waals surface area (Å²) in [6.45, 7) is 2.82. The zero-order chi connectivity index (χ0) is 14.7. The molecule has 0 aliphatic heterocycles. The second-order valence-corrected chi connectivity index (χ2v) is 10.3. The van der Waals surface area contributed by atoms with Gasteiger partial charge in [-0.1, -0.05) is 15.9 Å². The van der Waals surface area contributed by atoms with Gasteiger partial charge in [0.15, 0.2) is 0 Å². The summed E-state index contributed by atoms with van der Waals surface area (Å²) in [5.41, 5.74) is 1.21. The van der Waals surface area contributed by atoms with E-state index in [0.717, 1.165) is 31.1 Å². The maximum atomic E-state index is 12.9. The molecule has 0 radical (unpaired) electrons. The van der Waals surface area contributed by atoms with Gasteiger partial charge in [0.05, 0.1) is 12.0 Å². The van der Waals surface area contributed by atoms with Gasteiger partial charge in [0.1, 0.15) is 0 Å². The lowest BCUT2D eigenvalue weighted by atomic mass is 9.49. The van der Waals surface area contributed by atoms with E-state index in [1.54, 1.807) is 11.3 Å². The maximum Gasteiger partial charge on any atom is 0.226 e. The lowest BCUT2D eigenvalue weighted by molar-refractivity contribution is -0.144. The second kappa shape index (κ2) is 4.82. The van der Waals surface area contributed by atoms with Gasteiger partial charge in [-0.25, -0.2) is 0 Å². The van der Waals surface area contributed by atoms with Gasteiger partial charge >= 0.3 is 0 Å². The quantitative estimate of drug-likeness (QED) is 0.787. The van der Waals surface area contributed by atoms with E-state index in [1.807, 2.05) is 0 Å². The van der Waals surface area contributed by atoms with E-state index in [9.17, 15) is 4.79 Å². The predicted molar refractivity (Wildman–Crippen MR) is 89.7 cm³/mol. The minimum atomic E-state index is -0.0846. The van der Waals surface area contributed by atoms with Gasteiger partial charge in [0.25, 0.3) is 0 Å². The van der Waals surface area contributed by atoms with Crippen LogP contribution in [0.1, 0.15) is 49.0 Å². The Balaban J connectivity index is 1.50. The monoisotopic (exact) mass is 367 g/mol. The third kappa shape index (κ3) is 2.39. The summed E-state index contributed by atoms with van der Waals surface area (Å²) >= 11 is 5.73. The number of nitrogens with one attached hydrogen (secondary N) is 1. The van der Waals surface area contributed by atoms with Crippen molar-refractivity contribution in [2.24, 2.45) is 17.3 Å². The molecule has 0 saturated heterocycles. The molecule has 1 amide bonds. The summed E-state index contributed by atoms with van der Waals surface area (Å²) in [7, 11) is 0. The first-order chi connectivity index (χ1) is 9.98. The summed E-state index contributed by atoms with van der Waals surface area (Å²) in [6, 6.07) is 2.13. The highest BCUT2D eigenvalue weighted by molar-refractivity contribution is 9.10. The van der Waals surface area contributed by atoms with E-state index in [-0.39, 0.29) is 9.74 Å². The summed E-state index contributed by atoms with van der Waals surface area (Å²) in [4.78, 5) is 14.2. The fourth-order valence-electron chi connectivity index (χ4n) is 5.35. The van der Waals surface area contributed by atoms with E-state index in [2.05, 4.69) is 39.6 Å². The molecule has 0 spiro atoms. The van der Waals surface area contributed by atoms with Crippen LogP contribution in [0.25, 0.3) is 0 Å². The van der Waals surface area contributed by atoms with Gasteiger partial charge in [-0.3, -0.25) is 4.79 Å². The van der Waals surface area contributed by atoms with Crippen LogP contribution in [0, 0.1) is 24.2 Å². The fourth-order valence-corrected chi connectivity index (χ4v) is 7.65. The third-order valence-electron chi connectivity index (χ3n) is 5.85. The van der Waals surface area contributed by atoms with E-state index in [4.69, 9.17) is 0 Å². The van der Waals surface area contributed by atoms with Crippen LogP contribution in [0.15, 0.2) is 11.4 Å². The van der Waals surface area contributed by atoms with Gasteiger partial charge < -0.3 is 5.32 Å². The first-order valence-electron chi connectivity index (χ1n) is 7.98. The first kappa shape index (κ1) is 14.3. The summed E-state index contributed by atoms with van der Waals surface area (Å²) in [5, 5.41) is 5.36. The topological polar surface area (TPSA) is 29.1 Å². The molecule has 1 aromatic heterocycles. The number of thiophene rings is 1. The number of alkyl halides is 1. The van der Waals surface area contributed by atoms with Crippen molar-refractivity contribution in [3.8, 4) is 0 Å². The van der Waals surface area contributed by atoms with Gasteiger partial charge in [-0.15, -0.1) is 11.3 Å². The van der Waals surface area contributed by atoms with Crippen LogP contribution in [0.2, 0.25) is 0 Å². The number of hydrogen-bond acceptors (Lipinski definition) is 2. The zero-order valence-electron chi connectivity index (χ0n) is 12.5. The Morgan fingerprint density at radius 1 is 1.38 bits per heavy atom. The van der Waals surface area contributed by atoms with Crippen molar-refractivity contribution in [3.63, 3.8) is 0 Å². The first-order valence-corrected chi connectivity index (χ1v) is 9.66. The van der Waals surface area contributed by atoms with Gasteiger partial charge in [0.2, 0.25) is 5.91 Å². The summed E-state index contributed by atoms with van der Waals surface area (Å²) in [6.07, 6.45) is 7.19. The molecule has 2 unspecified atom stereocenters. The molecule has 4 aliphatic rings. The van der Waals surface area contributed by atoms with E-state index in [0.29, 0.717) is 12.5 Å². The number of hydrogen-bond donors (Lipinski definition) is 1. The van der Waals surface area contributed by atoms with Crippen molar-refractivity contribution in [1.29, 1.82) is 0 Å². The standard InChI is InChI=1S/C17H22BrNOS/c1-11-2-3-21-14(11)9-19-15(20)16-5-12-4-13(6-16)8-17(18,7-12)10-16/h2-3,12-13H,4-10H2,1H3,(H,19,20). The number of carbonyl (C=O) groups excluding carboxylic acids is 1. The van der Waals surface area contributed by atoms with E-state index < -0.39 is 0 Å². The molecule has 4 bridgehead atoms. The Hall–Kier alpha value is -0.350. The van der Waals surface area contributed by atoms with Crippen molar-refractivity contribution in [2.75, 3.05) is 0 Å². The van der Waals surface area contributed by atoms with Crippen molar-refractivity contribution in [3.05, 3.63) is 21.9 Å². The lowest BCUT2D eigenvalue weighted by Gasteiger charge is -2.59. The van der Waals surface area contributed by atoms with Gasteiger partial charge in [-0.05, 0) is 74.3 Å². The van der Waals surface area contributed by atoms with Crippen LogP contribution in [0.5, 0.6) is 0 Å². The zero-order valence-corrected chi connectivity index (χ0v) is 14.9. The molecule has 4 saturated carbocycles. The molecule has 1 heterocycles. The molecule has 1 aromatic rings. The Labute approximate surface area is 138 Å². The largest absolute Gasteiger partial charge is 0.351 e. The van der Waals surface area contributed by atoms with E-state index in [1.165, 1.54) is 29.7 Å². The number of aryl methyl sites for hydroxylation is 1. The predicted octanol–water partition coefficient (Wildman–Crippen LogP) is 4.41. The summed E-state index contributed by atoms with van der Waals surface area (Å²) in [5.74, 6) is 1.84. The normalized spacial score (nSPS) is 40.5. The molecule has 21 heavy (non-hydrogen) atoms. The molecule has 5 rings (SSSR count). The number of halogens is 1. The van der Waals surface area contributed by atoms with Crippen LogP contribution >= 0.6 is 27.3 Å². The van der Waals surface area contributed by atoms with Crippen molar-refractivity contribution in [2.45, 2.75) is 56.3 Å². The van der Waals surface area contributed by atoms with Crippen LogP contribution in [0.4, 0.5) is 0 Å². The Morgan fingerprint density at radius 2 is 2.10 bits per heavy atom. The fraction of sp³-hybridized carbons (Fsp3) is 0.706. The van der Waals surface area contributed by atoms with Crippen molar-refractivity contribution < 1.29 is 4.79 Å². The molecule has 0 aromatic carbocycles. The van der Waals surface area contributed by atoms with Crippen molar-refractivity contribution in [1.82, 2.24) is 5.32 Å². The summed E-state index contributed by atoms with van der Waals surface area (Å²) < 4.78 is 0.257. The Bertz CT molecular complexity index is 567. The van der Waals surface area contributed by atoms with Crippen LogP contribution in [-0.4, -0.2) is 10.2 Å². The lowest BCUT2D eigenvalue weighted by Crippen LogP contribution is -2.58. The molecule has 1 N–H and O–H groups in total. The molecule has 4 heteroatoms. The minimum Gasteiger partial charge on any atom is -0.351 e. The van der Waals surface area contributed by atoms with E-state index >= 15 is 0 Å². The SMILES string of the molecule is Cc1ccsc1CNC(=O)C12CC3CC(CC(Br)(C3)C1)C2. The molecule has 4 aliphatic carbocycles. The molecule has 4 fully saturated rings. The average molecular weight is 368 g/mol. The second-order valence-electron chi connectivity index (χ2n) is 7.60. The highest BCUT2D eigenvalue weighted by Crippen LogP contribution is 2.64. The Morgan fingerprint density at radius 3 is 2.67 bits per heavy atom. The molecule has 2 atom stereocenters. The van der Waals surface area contributed by atoms with Crippen LogP contribution < -0.4 is 5.32 Å². The molecule has 114 valence electrons. The molecular formula is C17H22BrNOS. The van der Waals surface area contributed by atoms with Crippen molar-refractivity contribution >= 4 is 33.2 Å². The number of rotatable bonds is 3. The number of carbonyl (C=O) groups is 1. The highest BCUT2D eigenvalue weighted by Gasteiger charge is 2.59. The average Bonchev–Trinajstić information content (AvgIpc) is 2.78. The smallest absolute Gasteiger partial charge is 0.226 e. The minimum absolute atomic E-state index is 0.0846. The van der Waals surface area contributed by atoms with Crippen LogP contribution in [0.3, 0.4) is 0 Å². The number of amides is 1. The Kier molecular flexibility index (Phi) is 3.27. The maximum absolute atomic E-state index is 12.9. The molecular weight excluding hydrogens is 346 g/mol. The van der Waals surface area contributed by atoms with Gasteiger partial charge in [-0.2, -0.15) is 0 Å². The van der Waals surface area contributed by atoms with Crippen LogP contribution in [-0.2, 0) is 11.3 Å². The molecule has 2 nitrogen and oxygen atoms in total. The highest BCUT2D eigenvalue weighted by atomic mass is 79.9. The van der Waals surface area contributed by atoms with Gasteiger partial charge in [0, 0.05) is 9.20 Å². The third-order valence-corrected chi connectivity index (χ3v) is 7.80.